The van der Waals surface area contributed by atoms with Crippen molar-refractivity contribution in [1.29, 1.82) is 0 Å². The van der Waals surface area contributed by atoms with E-state index in [4.69, 9.17) is 9.15 Å². The van der Waals surface area contributed by atoms with Crippen LogP contribution in [0.4, 0.5) is 4.39 Å². The number of amides is 2. The first-order chi connectivity index (χ1) is 19.0. The van der Waals surface area contributed by atoms with Crippen LogP contribution in [0.25, 0.3) is 11.0 Å². The summed E-state index contributed by atoms with van der Waals surface area (Å²) in [7, 11) is -2.49. The number of nitrogens with one attached hydrogen (secondary N) is 2. The van der Waals surface area contributed by atoms with Crippen molar-refractivity contribution in [1.82, 2.24) is 14.9 Å². The van der Waals surface area contributed by atoms with E-state index in [0.29, 0.717) is 29.6 Å². The van der Waals surface area contributed by atoms with E-state index in [1.807, 2.05) is 13.8 Å². The Morgan fingerprint density at radius 3 is 2.55 bits per heavy atom. The van der Waals surface area contributed by atoms with Crippen LogP contribution >= 0.6 is 0 Å². The van der Waals surface area contributed by atoms with Crippen LogP contribution in [0.15, 0.2) is 57.8 Å². The van der Waals surface area contributed by atoms with Gasteiger partial charge >= 0.3 is 0 Å². The van der Waals surface area contributed by atoms with Gasteiger partial charge in [-0.2, -0.15) is 4.31 Å². The van der Waals surface area contributed by atoms with Crippen molar-refractivity contribution in [2.45, 2.75) is 50.1 Å². The van der Waals surface area contributed by atoms with E-state index < -0.39 is 52.1 Å². The number of halogens is 1. The first-order valence-corrected chi connectivity index (χ1v) is 14.4. The highest BCUT2D eigenvalue weighted by Crippen LogP contribution is 2.25. The predicted octanol–water partition coefficient (Wildman–Crippen LogP) is 3.26. The number of Topliss-reactive ketones (excluding diaryl/α,β-unsaturated/α-hetero) is 1. The zero-order valence-corrected chi connectivity index (χ0v) is 23.3. The van der Waals surface area contributed by atoms with Gasteiger partial charge in [-0.1, -0.05) is 13.8 Å². The molecule has 2 aromatic carbocycles. The van der Waals surface area contributed by atoms with Crippen LogP contribution in [0.1, 0.15) is 43.7 Å². The number of fused-ring (bicyclic) bond motifs is 1. The standard InChI is InChI=1S/C28H32FN3O7S/c1-17(2)13-23(31-28(35)26-15-18-14-20(38-3)8-11-25(18)39-26)27(34)30-22-5-4-12-32(16-24(22)33)40(36,37)21-9-6-19(29)7-10-21/h6-11,14-15,17,22-23H,4-5,12-13,16H2,1-3H3,(H,30,34)(H,31,35)/t22?,23-/m0/s1. The lowest BCUT2D eigenvalue weighted by molar-refractivity contribution is -0.129. The zero-order chi connectivity index (χ0) is 29.0. The number of carbonyl (C=O) groups is 3. The fraction of sp³-hybridized carbons (Fsp3) is 0.393. The molecule has 2 heterocycles. The van der Waals surface area contributed by atoms with Gasteiger partial charge in [0.05, 0.1) is 24.6 Å². The number of sulfonamides is 1. The van der Waals surface area contributed by atoms with Crippen molar-refractivity contribution >= 4 is 38.6 Å². The Labute approximate surface area is 231 Å². The largest absolute Gasteiger partial charge is 0.497 e. The molecule has 1 unspecified atom stereocenters. The molecule has 214 valence electrons. The average Bonchev–Trinajstić information content (AvgIpc) is 3.25. The van der Waals surface area contributed by atoms with Gasteiger partial charge in [0.15, 0.2) is 11.5 Å². The van der Waals surface area contributed by atoms with Gasteiger partial charge in [-0.05, 0) is 73.7 Å². The monoisotopic (exact) mass is 573 g/mol. The molecule has 12 heteroatoms. The molecular formula is C28H32FN3O7S. The molecule has 0 bridgehead atoms. The maximum absolute atomic E-state index is 13.3. The van der Waals surface area contributed by atoms with Crippen LogP contribution in [-0.4, -0.2) is 62.6 Å². The highest BCUT2D eigenvalue weighted by Gasteiger charge is 2.34. The minimum absolute atomic E-state index is 0.0250. The molecule has 0 radical (unpaired) electrons. The molecule has 4 rings (SSSR count). The van der Waals surface area contributed by atoms with E-state index in [1.54, 1.807) is 24.3 Å². The third-order valence-electron chi connectivity index (χ3n) is 6.67. The Bertz CT molecular complexity index is 1500. The Morgan fingerprint density at radius 2 is 1.88 bits per heavy atom. The van der Waals surface area contributed by atoms with Gasteiger partial charge in [-0.15, -0.1) is 0 Å². The Hall–Kier alpha value is -3.77. The number of methoxy groups -OCH3 is 1. The predicted molar refractivity (Wildman–Crippen MR) is 145 cm³/mol. The van der Waals surface area contributed by atoms with Gasteiger partial charge < -0.3 is 19.8 Å². The van der Waals surface area contributed by atoms with E-state index in [-0.39, 0.29) is 29.5 Å². The van der Waals surface area contributed by atoms with Gasteiger partial charge in [-0.25, -0.2) is 12.8 Å². The van der Waals surface area contributed by atoms with Crippen LogP contribution in [0, 0.1) is 11.7 Å². The van der Waals surface area contributed by atoms with Gasteiger partial charge in [0.25, 0.3) is 5.91 Å². The highest BCUT2D eigenvalue weighted by atomic mass is 32.2. The Kier molecular flexibility index (Phi) is 8.89. The number of furan rings is 1. The van der Waals surface area contributed by atoms with E-state index in [9.17, 15) is 27.2 Å². The molecule has 0 saturated carbocycles. The average molecular weight is 574 g/mol. The molecule has 1 fully saturated rings. The summed E-state index contributed by atoms with van der Waals surface area (Å²) in [5, 5.41) is 6.08. The minimum atomic E-state index is -4.02. The summed E-state index contributed by atoms with van der Waals surface area (Å²) in [6.07, 6.45) is 0.853. The number of hydrogen-bond donors (Lipinski definition) is 2. The summed E-state index contributed by atoms with van der Waals surface area (Å²) in [5.41, 5.74) is 0.486. The third-order valence-corrected chi connectivity index (χ3v) is 8.52. The van der Waals surface area contributed by atoms with Crippen molar-refractivity contribution in [2.75, 3.05) is 20.2 Å². The van der Waals surface area contributed by atoms with Gasteiger partial charge in [-0.3, -0.25) is 14.4 Å². The molecule has 2 atom stereocenters. The number of ketones is 1. The third kappa shape index (κ3) is 6.68. The first kappa shape index (κ1) is 29.2. The molecule has 2 N–H and O–H groups in total. The molecular weight excluding hydrogens is 541 g/mol. The SMILES string of the molecule is COc1ccc2oc(C(=O)N[C@@H](CC(C)C)C(=O)NC3CCCN(S(=O)(=O)c4ccc(F)cc4)CC3=O)cc2c1. The molecule has 2 amide bonds. The Balaban J connectivity index is 1.44. The molecule has 1 aliphatic heterocycles. The van der Waals surface area contributed by atoms with Crippen molar-refractivity contribution in [3.05, 3.63) is 60.1 Å². The number of carbonyl (C=O) groups excluding carboxylic acids is 3. The number of rotatable bonds is 9. The van der Waals surface area contributed by atoms with Crippen LogP contribution < -0.4 is 15.4 Å². The molecule has 0 spiro atoms. The van der Waals surface area contributed by atoms with E-state index in [1.165, 1.54) is 7.11 Å². The van der Waals surface area contributed by atoms with Crippen molar-refractivity contribution < 1.29 is 36.3 Å². The van der Waals surface area contributed by atoms with Crippen molar-refractivity contribution in [2.24, 2.45) is 5.92 Å². The van der Waals surface area contributed by atoms with Crippen LogP contribution in [0.3, 0.4) is 0 Å². The summed E-state index contributed by atoms with van der Waals surface area (Å²) in [6.45, 7) is 3.43. The first-order valence-electron chi connectivity index (χ1n) is 12.9. The lowest BCUT2D eigenvalue weighted by Crippen LogP contribution is -2.52. The maximum Gasteiger partial charge on any atom is 0.287 e. The summed E-state index contributed by atoms with van der Waals surface area (Å²) in [5.74, 6) is -1.51. The number of benzene rings is 2. The maximum atomic E-state index is 13.3. The molecule has 40 heavy (non-hydrogen) atoms. The summed E-state index contributed by atoms with van der Waals surface area (Å²) < 4.78 is 51.2. The second-order valence-electron chi connectivity index (χ2n) is 10.1. The van der Waals surface area contributed by atoms with Gasteiger partial charge in [0, 0.05) is 11.9 Å². The number of hydrogen-bond acceptors (Lipinski definition) is 7. The van der Waals surface area contributed by atoms with Crippen LogP contribution in [0.5, 0.6) is 5.75 Å². The lowest BCUT2D eigenvalue weighted by Gasteiger charge is -2.23. The van der Waals surface area contributed by atoms with Gasteiger partial charge in [0.1, 0.15) is 23.2 Å². The Morgan fingerprint density at radius 1 is 1.15 bits per heavy atom. The molecule has 1 aliphatic rings. The second kappa shape index (κ2) is 12.2. The molecule has 1 saturated heterocycles. The molecule has 10 nitrogen and oxygen atoms in total. The quantitative estimate of drug-likeness (QED) is 0.401. The molecule has 0 aliphatic carbocycles. The molecule has 3 aromatic rings. The molecule has 1 aromatic heterocycles. The van der Waals surface area contributed by atoms with Gasteiger partial charge in [0.2, 0.25) is 15.9 Å². The summed E-state index contributed by atoms with van der Waals surface area (Å²) in [4.78, 5) is 39.2. The summed E-state index contributed by atoms with van der Waals surface area (Å²) >= 11 is 0. The van der Waals surface area contributed by atoms with E-state index in [2.05, 4.69) is 10.6 Å². The van der Waals surface area contributed by atoms with E-state index >= 15 is 0 Å². The van der Waals surface area contributed by atoms with E-state index in [0.717, 1.165) is 28.6 Å². The highest BCUT2D eigenvalue weighted by molar-refractivity contribution is 7.89. The fourth-order valence-electron chi connectivity index (χ4n) is 4.57. The van der Waals surface area contributed by atoms with Crippen LogP contribution in [-0.2, 0) is 19.6 Å². The number of nitrogens with zero attached hydrogens (tertiary/aromatic N) is 1. The fourth-order valence-corrected chi connectivity index (χ4v) is 6.02. The lowest BCUT2D eigenvalue weighted by atomic mass is 10.0. The second-order valence-corrected chi connectivity index (χ2v) is 12.1. The van der Waals surface area contributed by atoms with Crippen molar-refractivity contribution in [3.8, 4) is 5.75 Å². The number of ether oxygens (including phenoxy) is 1. The zero-order valence-electron chi connectivity index (χ0n) is 22.5. The van der Waals surface area contributed by atoms with Crippen LogP contribution in [0.2, 0.25) is 0 Å². The normalized spacial score (nSPS) is 17.4. The minimum Gasteiger partial charge on any atom is -0.497 e. The smallest absolute Gasteiger partial charge is 0.287 e. The summed E-state index contributed by atoms with van der Waals surface area (Å²) in [6, 6.07) is 9.18. The van der Waals surface area contributed by atoms with Crippen molar-refractivity contribution in [3.63, 3.8) is 0 Å². The topological polar surface area (TPSA) is 135 Å².